The first-order chi connectivity index (χ1) is 15.5. The van der Waals surface area contributed by atoms with E-state index in [0.29, 0.717) is 38.3 Å². The van der Waals surface area contributed by atoms with Gasteiger partial charge in [0.05, 0.1) is 11.1 Å². The molecule has 8 nitrogen and oxygen atoms in total. The van der Waals surface area contributed by atoms with Crippen LogP contribution in [0, 0.1) is 13.8 Å². The average Bonchev–Trinajstić information content (AvgIpc) is 3.30. The van der Waals surface area contributed by atoms with Crippen LogP contribution in [-0.4, -0.2) is 58.6 Å². The van der Waals surface area contributed by atoms with Crippen molar-refractivity contribution in [1.29, 1.82) is 0 Å². The highest BCUT2D eigenvalue weighted by atomic mass is 32.1. The minimum absolute atomic E-state index is 0.0800. The van der Waals surface area contributed by atoms with Gasteiger partial charge in [-0.1, -0.05) is 12.1 Å². The van der Waals surface area contributed by atoms with Gasteiger partial charge in [-0.3, -0.25) is 9.59 Å². The van der Waals surface area contributed by atoms with Crippen LogP contribution in [0.25, 0.3) is 10.2 Å². The van der Waals surface area contributed by atoms with Crippen LogP contribution < -0.4 is 9.91 Å². The molecule has 0 atom stereocenters. The Bertz CT molecular complexity index is 1230. The highest BCUT2D eigenvalue weighted by Crippen LogP contribution is 2.28. The zero-order chi connectivity index (χ0) is 22.2. The third kappa shape index (κ3) is 3.73. The van der Waals surface area contributed by atoms with E-state index >= 15 is 0 Å². The first kappa shape index (κ1) is 20.6. The largest absolute Gasteiger partial charge is 0.352 e. The fraction of sp³-hybridized carbons (Fsp3) is 0.348. The third-order valence-corrected chi connectivity index (χ3v) is 6.80. The second kappa shape index (κ2) is 8.31. The minimum atomic E-state index is -0.0872. The van der Waals surface area contributed by atoms with Crippen molar-refractivity contribution in [2.45, 2.75) is 26.7 Å². The number of thiophene rings is 1. The van der Waals surface area contributed by atoms with Crippen molar-refractivity contribution in [3.05, 3.63) is 47.1 Å². The topological polar surface area (TPSA) is 82.0 Å². The average molecular weight is 449 g/mol. The quantitative estimate of drug-likeness (QED) is 0.615. The SMILES string of the molecule is Cc1ccc(C)c(N2N=C(C(=O)N3CCN(c4ncnc5sccc45)CC3)CCC2=O)c1. The van der Waals surface area contributed by atoms with E-state index in [1.807, 2.05) is 48.4 Å². The molecule has 2 aliphatic heterocycles. The number of rotatable bonds is 3. The lowest BCUT2D eigenvalue weighted by Gasteiger charge is -2.36. The summed E-state index contributed by atoms with van der Waals surface area (Å²) in [7, 11) is 0. The van der Waals surface area contributed by atoms with Crippen LogP contribution in [0.1, 0.15) is 24.0 Å². The van der Waals surface area contributed by atoms with E-state index in [-0.39, 0.29) is 18.2 Å². The van der Waals surface area contributed by atoms with Crippen LogP contribution in [0.3, 0.4) is 0 Å². The smallest absolute Gasteiger partial charge is 0.270 e. The van der Waals surface area contributed by atoms with E-state index in [9.17, 15) is 9.59 Å². The number of anilines is 2. The van der Waals surface area contributed by atoms with Gasteiger partial charge in [-0.05, 0) is 42.5 Å². The number of hydrazone groups is 1. The molecule has 1 aromatic carbocycles. The molecule has 9 heteroatoms. The molecule has 32 heavy (non-hydrogen) atoms. The van der Waals surface area contributed by atoms with Gasteiger partial charge < -0.3 is 9.80 Å². The summed E-state index contributed by atoms with van der Waals surface area (Å²) in [5.41, 5.74) is 3.20. The lowest BCUT2D eigenvalue weighted by molar-refractivity contribution is -0.124. The van der Waals surface area contributed by atoms with Gasteiger partial charge in [-0.25, -0.2) is 15.0 Å². The maximum Gasteiger partial charge on any atom is 0.270 e. The van der Waals surface area contributed by atoms with Crippen molar-refractivity contribution in [3.63, 3.8) is 0 Å². The van der Waals surface area contributed by atoms with Gasteiger partial charge in [0, 0.05) is 39.0 Å². The van der Waals surface area contributed by atoms with Crippen LogP contribution in [0.15, 0.2) is 41.1 Å². The van der Waals surface area contributed by atoms with Gasteiger partial charge in [-0.2, -0.15) is 5.10 Å². The molecular formula is C23H24N6O2S. The van der Waals surface area contributed by atoms with E-state index in [4.69, 9.17) is 0 Å². The highest BCUT2D eigenvalue weighted by Gasteiger charge is 2.31. The number of hydrogen-bond donors (Lipinski definition) is 0. The molecular weight excluding hydrogens is 424 g/mol. The van der Waals surface area contributed by atoms with Gasteiger partial charge >= 0.3 is 0 Å². The van der Waals surface area contributed by atoms with Crippen LogP contribution in [0.4, 0.5) is 11.5 Å². The number of aryl methyl sites for hydroxylation is 2. The summed E-state index contributed by atoms with van der Waals surface area (Å²) >= 11 is 1.60. The number of aromatic nitrogens is 2. The first-order valence-electron chi connectivity index (χ1n) is 10.7. The van der Waals surface area contributed by atoms with E-state index in [0.717, 1.165) is 32.8 Å². The summed E-state index contributed by atoms with van der Waals surface area (Å²) in [6.45, 7) is 6.50. The van der Waals surface area contributed by atoms with Crippen molar-refractivity contribution in [2.24, 2.45) is 5.10 Å². The zero-order valence-corrected chi connectivity index (χ0v) is 18.9. The molecule has 164 valence electrons. The first-order valence-corrected chi connectivity index (χ1v) is 11.6. The molecule has 5 rings (SSSR count). The molecule has 2 aliphatic rings. The van der Waals surface area contributed by atoms with E-state index in [1.165, 1.54) is 5.01 Å². The van der Waals surface area contributed by atoms with Crippen LogP contribution in [0.2, 0.25) is 0 Å². The number of fused-ring (bicyclic) bond motifs is 1. The van der Waals surface area contributed by atoms with Crippen molar-refractivity contribution in [2.75, 3.05) is 36.1 Å². The molecule has 0 radical (unpaired) electrons. The maximum absolute atomic E-state index is 13.2. The standard InChI is InChI=1S/C23H24N6O2S/c1-15-3-4-16(2)19(13-15)29-20(30)6-5-18(26-29)23(31)28-10-8-27(9-11-28)21-17-7-12-32-22(17)25-14-24-21/h3-4,7,12-14H,5-6,8-11H2,1-2H3. The second-order valence-electron chi connectivity index (χ2n) is 8.16. The van der Waals surface area contributed by atoms with Crippen LogP contribution in [-0.2, 0) is 9.59 Å². The summed E-state index contributed by atoms with van der Waals surface area (Å²) in [5, 5.41) is 8.98. The Labute approximate surface area is 190 Å². The summed E-state index contributed by atoms with van der Waals surface area (Å²) in [4.78, 5) is 39.6. The normalized spacial score (nSPS) is 17.1. The van der Waals surface area contributed by atoms with Crippen molar-refractivity contribution < 1.29 is 9.59 Å². The Morgan fingerprint density at radius 3 is 2.66 bits per heavy atom. The maximum atomic E-state index is 13.2. The summed E-state index contributed by atoms with van der Waals surface area (Å²) in [6, 6.07) is 7.96. The Morgan fingerprint density at radius 1 is 1.03 bits per heavy atom. The molecule has 1 fully saturated rings. The monoisotopic (exact) mass is 448 g/mol. The molecule has 0 spiro atoms. The van der Waals surface area contributed by atoms with Crippen LogP contribution >= 0.6 is 11.3 Å². The van der Waals surface area contributed by atoms with Crippen LogP contribution in [0.5, 0.6) is 0 Å². The lowest BCUT2D eigenvalue weighted by Crippen LogP contribution is -2.51. The van der Waals surface area contributed by atoms with Gasteiger partial charge in [0.15, 0.2) is 0 Å². The van der Waals surface area contributed by atoms with Crippen molar-refractivity contribution in [3.8, 4) is 0 Å². The molecule has 1 saturated heterocycles. The fourth-order valence-corrected chi connectivity index (χ4v) is 4.90. The number of carbonyl (C=O) groups is 2. The number of piperazine rings is 1. The molecule has 0 saturated carbocycles. The molecule has 2 amide bonds. The third-order valence-electron chi connectivity index (χ3n) is 5.98. The van der Waals surface area contributed by atoms with Gasteiger partial charge in [-0.15, -0.1) is 11.3 Å². The van der Waals surface area contributed by atoms with E-state index in [1.54, 1.807) is 17.7 Å². The number of hydrogen-bond acceptors (Lipinski definition) is 7. The van der Waals surface area contributed by atoms with E-state index in [2.05, 4.69) is 20.0 Å². The molecule has 0 bridgehead atoms. The summed E-state index contributed by atoms with van der Waals surface area (Å²) < 4.78 is 0. The predicted molar refractivity (Wildman–Crippen MR) is 126 cm³/mol. The highest BCUT2D eigenvalue weighted by molar-refractivity contribution is 7.16. The van der Waals surface area contributed by atoms with Crippen molar-refractivity contribution >= 4 is 50.6 Å². The molecule has 4 heterocycles. The molecule has 0 unspecified atom stereocenters. The predicted octanol–water partition coefficient (Wildman–Crippen LogP) is 3.14. The summed E-state index contributed by atoms with van der Waals surface area (Å²) in [5.74, 6) is 0.754. The van der Waals surface area contributed by atoms with Gasteiger partial charge in [0.25, 0.3) is 5.91 Å². The number of amides is 2. The Morgan fingerprint density at radius 2 is 1.84 bits per heavy atom. The molecule has 0 N–H and O–H groups in total. The molecule has 3 aromatic rings. The van der Waals surface area contributed by atoms with Crippen molar-refractivity contribution in [1.82, 2.24) is 14.9 Å². The second-order valence-corrected chi connectivity index (χ2v) is 9.05. The molecule has 0 aliphatic carbocycles. The Kier molecular flexibility index (Phi) is 5.34. The Hall–Kier alpha value is -3.33. The van der Waals surface area contributed by atoms with Gasteiger partial charge in [0.2, 0.25) is 5.91 Å². The van der Waals surface area contributed by atoms with E-state index < -0.39 is 0 Å². The molecule has 2 aromatic heterocycles. The minimum Gasteiger partial charge on any atom is -0.352 e. The number of carbonyl (C=O) groups excluding carboxylic acids is 2. The number of benzene rings is 1. The Balaban J connectivity index is 1.32. The fourth-order valence-electron chi connectivity index (χ4n) is 4.18. The summed E-state index contributed by atoms with van der Waals surface area (Å²) in [6.07, 6.45) is 2.26. The number of nitrogens with zero attached hydrogens (tertiary/aromatic N) is 6. The van der Waals surface area contributed by atoms with Gasteiger partial charge in [0.1, 0.15) is 22.7 Å². The lowest BCUT2D eigenvalue weighted by atomic mass is 10.1. The zero-order valence-electron chi connectivity index (χ0n) is 18.1.